The maximum absolute atomic E-state index is 12.5. The molecule has 3 aromatic rings. The number of methoxy groups -OCH3 is 1. The first-order valence-corrected chi connectivity index (χ1v) is 12.2. The highest BCUT2D eigenvalue weighted by Crippen LogP contribution is 2.30. The van der Waals surface area contributed by atoms with E-state index < -0.39 is 17.8 Å². The van der Waals surface area contributed by atoms with Gasteiger partial charge in [0, 0.05) is 10.6 Å². The molecule has 198 valence electrons. The molecule has 2 N–H and O–H groups in total. The van der Waals surface area contributed by atoms with Crippen LogP contribution in [0.3, 0.4) is 0 Å². The minimum absolute atomic E-state index is 0.150. The average molecular weight is 558 g/mol. The van der Waals surface area contributed by atoms with Gasteiger partial charge in [-0.3, -0.25) is 9.59 Å². The average Bonchev–Trinajstić information content (AvgIpc) is 2.91. The summed E-state index contributed by atoms with van der Waals surface area (Å²) in [6.07, 6.45) is 2.26. The number of ether oxygens (including phenoxy) is 3. The van der Waals surface area contributed by atoms with Crippen LogP contribution in [0.15, 0.2) is 65.8 Å². The SMILES string of the molecule is CCCOc1ccc(C(=O)NCC(=O)N/N=C\c2ccc(OC(=O)c3ccc(Cl)cc3Cl)c(OC)c2)cc1. The smallest absolute Gasteiger partial charge is 0.345 e. The third-order valence-corrected chi connectivity index (χ3v) is 5.49. The van der Waals surface area contributed by atoms with Gasteiger partial charge in [0.2, 0.25) is 0 Å². The summed E-state index contributed by atoms with van der Waals surface area (Å²) < 4.78 is 16.2. The Hall–Kier alpha value is -4.08. The molecule has 0 atom stereocenters. The number of nitrogens with one attached hydrogen (secondary N) is 2. The van der Waals surface area contributed by atoms with Crippen molar-refractivity contribution < 1.29 is 28.6 Å². The molecular weight excluding hydrogens is 533 g/mol. The van der Waals surface area contributed by atoms with Crippen LogP contribution in [0.5, 0.6) is 17.2 Å². The predicted octanol–water partition coefficient (Wildman–Crippen LogP) is 4.89. The zero-order valence-electron chi connectivity index (χ0n) is 20.6. The number of nitrogens with zero attached hydrogens (tertiary/aromatic N) is 1. The van der Waals surface area contributed by atoms with Gasteiger partial charge in [-0.05, 0) is 72.6 Å². The minimum Gasteiger partial charge on any atom is -0.494 e. The lowest BCUT2D eigenvalue weighted by Crippen LogP contribution is -2.34. The van der Waals surface area contributed by atoms with E-state index in [9.17, 15) is 14.4 Å². The van der Waals surface area contributed by atoms with E-state index >= 15 is 0 Å². The van der Waals surface area contributed by atoms with Gasteiger partial charge >= 0.3 is 5.97 Å². The second kappa shape index (κ2) is 14.0. The van der Waals surface area contributed by atoms with Crippen LogP contribution in [0.25, 0.3) is 0 Å². The Labute approximate surface area is 229 Å². The summed E-state index contributed by atoms with van der Waals surface area (Å²) in [6.45, 7) is 2.33. The number of halogens is 2. The fourth-order valence-electron chi connectivity index (χ4n) is 3.06. The van der Waals surface area contributed by atoms with Crippen molar-refractivity contribution in [3.63, 3.8) is 0 Å². The summed E-state index contributed by atoms with van der Waals surface area (Å²) in [4.78, 5) is 36.8. The maximum Gasteiger partial charge on any atom is 0.345 e. The van der Waals surface area contributed by atoms with Crippen LogP contribution in [0.2, 0.25) is 10.0 Å². The molecule has 3 rings (SSSR count). The largest absolute Gasteiger partial charge is 0.494 e. The molecule has 11 heteroatoms. The van der Waals surface area contributed by atoms with Gasteiger partial charge in [0.05, 0.1) is 37.1 Å². The molecular formula is C27H25Cl2N3O6. The quantitative estimate of drug-likeness (QED) is 0.150. The summed E-state index contributed by atoms with van der Waals surface area (Å²) in [5.41, 5.74) is 3.44. The summed E-state index contributed by atoms with van der Waals surface area (Å²) in [5.74, 6) is -0.504. The summed E-state index contributed by atoms with van der Waals surface area (Å²) in [5, 5.41) is 6.96. The lowest BCUT2D eigenvalue weighted by molar-refractivity contribution is -0.120. The number of hydrazone groups is 1. The van der Waals surface area contributed by atoms with E-state index in [-0.39, 0.29) is 28.6 Å². The molecule has 3 aromatic carbocycles. The van der Waals surface area contributed by atoms with Crippen molar-refractivity contribution in [3.05, 3.63) is 87.4 Å². The standard InChI is InChI=1S/C27H25Cl2N3O6/c1-3-12-37-20-8-5-18(6-9-20)26(34)30-16-25(33)32-31-15-17-4-11-23(24(13-17)36-2)38-27(35)21-10-7-19(28)14-22(21)29/h4-11,13-15H,3,12,16H2,1-2H3,(H,30,34)(H,32,33)/b31-15-. The van der Waals surface area contributed by atoms with Crippen molar-refractivity contribution in [1.82, 2.24) is 10.7 Å². The second-order valence-electron chi connectivity index (χ2n) is 7.77. The van der Waals surface area contributed by atoms with Crippen molar-refractivity contribution in [1.29, 1.82) is 0 Å². The van der Waals surface area contributed by atoms with Gasteiger partial charge in [-0.15, -0.1) is 0 Å². The number of benzene rings is 3. The van der Waals surface area contributed by atoms with Gasteiger partial charge in [-0.1, -0.05) is 30.1 Å². The van der Waals surface area contributed by atoms with Crippen LogP contribution in [-0.2, 0) is 4.79 Å². The van der Waals surface area contributed by atoms with Crippen LogP contribution in [-0.4, -0.2) is 44.3 Å². The Morgan fingerprint density at radius 1 is 0.974 bits per heavy atom. The van der Waals surface area contributed by atoms with Crippen LogP contribution in [0, 0.1) is 0 Å². The van der Waals surface area contributed by atoms with Crippen molar-refractivity contribution in [2.24, 2.45) is 5.10 Å². The molecule has 38 heavy (non-hydrogen) atoms. The minimum atomic E-state index is -0.679. The van der Waals surface area contributed by atoms with E-state index in [1.165, 1.54) is 37.6 Å². The van der Waals surface area contributed by atoms with Crippen LogP contribution in [0.4, 0.5) is 0 Å². The molecule has 0 spiro atoms. The number of hydrogen-bond donors (Lipinski definition) is 2. The Morgan fingerprint density at radius 3 is 2.42 bits per heavy atom. The molecule has 9 nitrogen and oxygen atoms in total. The van der Waals surface area contributed by atoms with Gasteiger partial charge in [0.15, 0.2) is 11.5 Å². The first-order chi connectivity index (χ1) is 18.3. The van der Waals surface area contributed by atoms with Crippen molar-refractivity contribution >= 4 is 47.2 Å². The Morgan fingerprint density at radius 2 is 1.74 bits per heavy atom. The van der Waals surface area contributed by atoms with Crippen LogP contribution in [0.1, 0.15) is 39.6 Å². The monoisotopic (exact) mass is 557 g/mol. The molecule has 0 saturated carbocycles. The van der Waals surface area contributed by atoms with Gasteiger partial charge < -0.3 is 19.5 Å². The summed E-state index contributed by atoms with van der Waals surface area (Å²) in [7, 11) is 1.42. The summed E-state index contributed by atoms with van der Waals surface area (Å²) in [6, 6.07) is 15.8. The zero-order chi connectivity index (χ0) is 27.5. The van der Waals surface area contributed by atoms with E-state index in [4.69, 9.17) is 37.4 Å². The number of rotatable bonds is 11. The highest BCUT2D eigenvalue weighted by molar-refractivity contribution is 6.36. The number of hydrogen-bond acceptors (Lipinski definition) is 7. The van der Waals surface area contributed by atoms with Gasteiger partial charge in [-0.25, -0.2) is 10.2 Å². The molecule has 2 amide bonds. The molecule has 0 aliphatic heterocycles. The first kappa shape index (κ1) is 28.5. The van der Waals surface area contributed by atoms with Crippen LogP contribution < -0.4 is 25.0 Å². The van der Waals surface area contributed by atoms with Crippen molar-refractivity contribution in [2.75, 3.05) is 20.3 Å². The van der Waals surface area contributed by atoms with E-state index in [0.717, 1.165) is 6.42 Å². The molecule has 0 saturated heterocycles. The molecule has 0 fully saturated rings. The molecule has 0 aromatic heterocycles. The summed E-state index contributed by atoms with van der Waals surface area (Å²) >= 11 is 11.9. The van der Waals surface area contributed by atoms with Gasteiger partial charge in [0.25, 0.3) is 11.8 Å². The molecule has 0 aliphatic rings. The molecule has 0 aliphatic carbocycles. The van der Waals surface area contributed by atoms with Gasteiger partial charge in [-0.2, -0.15) is 5.10 Å². The molecule has 0 radical (unpaired) electrons. The van der Waals surface area contributed by atoms with Gasteiger partial charge in [0.1, 0.15) is 5.75 Å². The fourth-order valence-corrected chi connectivity index (χ4v) is 3.55. The second-order valence-corrected chi connectivity index (χ2v) is 8.62. The highest BCUT2D eigenvalue weighted by Gasteiger charge is 2.16. The predicted molar refractivity (Wildman–Crippen MR) is 145 cm³/mol. The lowest BCUT2D eigenvalue weighted by Gasteiger charge is -2.10. The van der Waals surface area contributed by atoms with E-state index in [0.29, 0.717) is 28.5 Å². The number of amides is 2. The number of esters is 1. The Balaban J connectivity index is 1.51. The maximum atomic E-state index is 12.5. The third kappa shape index (κ3) is 8.22. The Bertz CT molecular complexity index is 1330. The fraction of sp³-hybridized carbons (Fsp3) is 0.185. The normalized spacial score (nSPS) is 10.6. The van der Waals surface area contributed by atoms with Crippen molar-refractivity contribution in [3.8, 4) is 17.2 Å². The molecule has 0 bridgehead atoms. The highest BCUT2D eigenvalue weighted by atomic mass is 35.5. The topological polar surface area (TPSA) is 115 Å². The lowest BCUT2D eigenvalue weighted by atomic mass is 10.2. The number of carbonyl (C=O) groups is 3. The molecule has 0 unspecified atom stereocenters. The van der Waals surface area contributed by atoms with Crippen LogP contribution >= 0.6 is 23.2 Å². The zero-order valence-corrected chi connectivity index (χ0v) is 22.1. The van der Waals surface area contributed by atoms with E-state index in [1.54, 1.807) is 36.4 Å². The Kier molecular flexibility index (Phi) is 10.5. The van der Waals surface area contributed by atoms with E-state index in [2.05, 4.69) is 15.8 Å². The molecule has 0 heterocycles. The van der Waals surface area contributed by atoms with Crippen molar-refractivity contribution in [2.45, 2.75) is 13.3 Å². The third-order valence-electron chi connectivity index (χ3n) is 4.94. The van der Waals surface area contributed by atoms with E-state index in [1.807, 2.05) is 6.92 Å². The first-order valence-electron chi connectivity index (χ1n) is 11.5. The number of carbonyl (C=O) groups excluding carboxylic acids is 3.